The summed E-state index contributed by atoms with van der Waals surface area (Å²) in [6.07, 6.45) is 0. The molecule has 3 amide bonds. The minimum atomic E-state index is -0.427. The second kappa shape index (κ2) is 5.94. The summed E-state index contributed by atoms with van der Waals surface area (Å²) in [5, 5.41) is 5.76. The van der Waals surface area contributed by atoms with Crippen LogP contribution >= 0.6 is 0 Å². The van der Waals surface area contributed by atoms with Gasteiger partial charge in [0.25, 0.3) is 5.91 Å². The summed E-state index contributed by atoms with van der Waals surface area (Å²) in [6.45, 7) is 7.02. The van der Waals surface area contributed by atoms with Crippen LogP contribution in [-0.4, -0.2) is 36.0 Å². The molecule has 108 valence electrons. The molecule has 1 fully saturated rings. The van der Waals surface area contributed by atoms with Crippen LogP contribution < -0.4 is 10.6 Å². The van der Waals surface area contributed by atoms with Crippen LogP contribution in [0.2, 0.25) is 0 Å². The van der Waals surface area contributed by atoms with Gasteiger partial charge in [0.15, 0.2) is 0 Å². The topological polar surface area (TPSA) is 61.4 Å². The molecule has 1 aromatic carbocycles. The van der Waals surface area contributed by atoms with Gasteiger partial charge in [0.2, 0.25) is 0 Å². The molecule has 2 rings (SSSR count). The molecule has 5 nitrogen and oxygen atoms in total. The van der Waals surface area contributed by atoms with Crippen molar-refractivity contribution in [1.29, 1.82) is 0 Å². The first-order valence-corrected chi connectivity index (χ1v) is 6.94. The van der Waals surface area contributed by atoms with Crippen molar-refractivity contribution in [3.63, 3.8) is 0 Å². The van der Waals surface area contributed by atoms with Gasteiger partial charge in [0, 0.05) is 18.8 Å². The van der Waals surface area contributed by atoms with Crippen LogP contribution in [0, 0.1) is 0 Å². The Balaban J connectivity index is 1.98. The van der Waals surface area contributed by atoms with Gasteiger partial charge in [0.1, 0.15) is 6.04 Å². The van der Waals surface area contributed by atoms with Gasteiger partial charge in [-0.05, 0) is 30.5 Å². The first-order valence-electron chi connectivity index (χ1n) is 6.94. The number of carbonyl (C=O) groups excluding carboxylic acids is 2. The highest BCUT2D eigenvalue weighted by Gasteiger charge is 2.29. The standard InChI is InChI=1S/C15H21N3O2/c1-10(2)12-4-6-13(7-5-12)17-11(3)14(19)18-9-8-16-15(18)20/h4-7,10-11,17H,8-9H2,1-3H3,(H,16,20). The Labute approximate surface area is 119 Å². The Bertz CT molecular complexity index is 496. The molecular formula is C15H21N3O2. The van der Waals surface area contributed by atoms with E-state index in [2.05, 4.69) is 24.5 Å². The Morgan fingerprint density at radius 1 is 1.25 bits per heavy atom. The predicted octanol–water partition coefficient (Wildman–Crippen LogP) is 2.16. The predicted molar refractivity (Wildman–Crippen MR) is 78.7 cm³/mol. The van der Waals surface area contributed by atoms with E-state index in [1.54, 1.807) is 6.92 Å². The Morgan fingerprint density at radius 2 is 1.90 bits per heavy atom. The first kappa shape index (κ1) is 14.4. The van der Waals surface area contributed by atoms with Crippen LogP contribution in [0.3, 0.4) is 0 Å². The molecule has 0 saturated carbocycles. The number of benzene rings is 1. The van der Waals surface area contributed by atoms with Crippen LogP contribution in [0.5, 0.6) is 0 Å². The van der Waals surface area contributed by atoms with Gasteiger partial charge >= 0.3 is 6.03 Å². The van der Waals surface area contributed by atoms with Crippen LogP contribution in [0.25, 0.3) is 0 Å². The van der Waals surface area contributed by atoms with E-state index >= 15 is 0 Å². The zero-order valence-corrected chi connectivity index (χ0v) is 12.1. The number of hydrogen-bond donors (Lipinski definition) is 2. The van der Waals surface area contributed by atoms with Crippen molar-refractivity contribution in [2.75, 3.05) is 18.4 Å². The average molecular weight is 275 g/mol. The number of nitrogens with zero attached hydrogens (tertiary/aromatic N) is 1. The van der Waals surface area contributed by atoms with Gasteiger partial charge in [-0.15, -0.1) is 0 Å². The van der Waals surface area contributed by atoms with Crippen molar-refractivity contribution in [3.05, 3.63) is 29.8 Å². The molecule has 1 aliphatic heterocycles. The van der Waals surface area contributed by atoms with E-state index in [0.29, 0.717) is 19.0 Å². The molecular weight excluding hydrogens is 254 g/mol. The van der Waals surface area contributed by atoms with Crippen LogP contribution in [0.1, 0.15) is 32.3 Å². The molecule has 1 unspecified atom stereocenters. The van der Waals surface area contributed by atoms with Crippen LogP contribution in [-0.2, 0) is 4.79 Å². The van der Waals surface area contributed by atoms with Crippen LogP contribution in [0.4, 0.5) is 10.5 Å². The second-order valence-corrected chi connectivity index (χ2v) is 5.36. The summed E-state index contributed by atoms with van der Waals surface area (Å²) in [7, 11) is 0. The molecule has 0 spiro atoms. The maximum atomic E-state index is 12.1. The number of rotatable bonds is 4. The Hall–Kier alpha value is -2.04. The first-order chi connectivity index (χ1) is 9.49. The molecule has 1 aliphatic rings. The van der Waals surface area contributed by atoms with Gasteiger partial charge in [0.05, 0.1) is 0 Å². The lowest BCUT2D eigenvalue weighted by Gasteiger charge is -2.20. The number of hydrogen-bond acceptors (Lipinski definition) is 3. The molecule has 1 heterocycles. The largest absolute Gasteiger partial charge is 0.374 e. The molecule has 5 heteroatoms. The zero-order valence-electron chi connectivity index (χ0n) is 12.1. The van der Waals surface area contributed by atoms with Crippen molar-refractivity contribution in [2.45, 2.75) is 32.7 Å². The highest BCUT2D eigenvalue weighted by atomic mass is 16.2. The van der Waals surface area contributed by atoms with E-state index in [1.165, 1.54) is 10.5 Å². The minimum Gasteiger partial charge on any atom is -0.374 e. The fraction of sp³-hybridized carbons (Fsp3) is 0.467. The quantitative estimate of drug-likeness (QED) is 0.885. The molecule has 0 aliphatic carbocycles. The summed E-state index contributed by atoms with van der Waals surface area (Å²) in [4.78, 5) is 24.8. The monoisotopic (exact) mass is 275 g/mol. The fourth-order valence-corrected chi connectivity index (χ4v) is 2.19. The van der Waals surface area contributed by atoms with Crippen molar-refractivity contribution in [1.82, 2.24) is 10.2 Å². The average Bonchev–Trinajstić information content (AvgIpc) is 2.84. The Kier molecular flexibility index (Phi) is 4.27. The maximum absolute atomic E-state index is 12.1. The minimum absolute atomic E-state index is 0.201. The lowest BCUT2D eigenvalue weighted by Crippen LogP contribution is -2.43. The number of imide groups is 1. The third kappa shape index (κ3) is 3.10. The molecule has 1 aromatic rings. The normalized spacial score (nSPS) is 16.2. The number of nitrogens with one attached hydrogen (secondary N) is 2. The highest BCUT2D eigenvalue weighted by molar-refractivity contribution is 5.99. The molecule has 0 bridgehead atoms. The van der Waals surface area contributed by atoms with Crippen molar-refractivity contribution in [3.8, 4) is 0 Å². The van der Waals surface area contributed by atoms with Crippen LogP contribution in [0.15, 0.2) is 24.3 Å². The SMILES string of the molecule is CC(Nc1ccc(C(C)C)cc1)C(=O)N1CCNC1=O. The van der Waals surface area contributed by atoms with Crippen molar-refractivity contribution in [2.24, 2.45) is 0 Å². The van der Waals surface area contributed by atoms with E-state index in [-0.39, 0.29) is 11.9 Å². The number of anilines is 1. The number of amides is 3. The molecule has 2 N–H and O–H groups in total. The van der Waals surface area contributed by atoms with E-state index in [9.17, 15) is 9.59 Å². The maximum Gasteiger partial charge on any atom is 0.324 e. The van der Waals surface area contributed by atoms with E-state index < -0.39 is 6.04 Å². The highest BCUT2D eigenvalue weighted by Crippen LogP contribution is 2.18. The fourth-order valence-electron chi connectivity index (χ4n) is 2.19. The third-order valence-electron chi connectivity index (χ3n) is 3.45. The van der Waals surface area contributed by atoms with Crippen molar-refractivity contribution >= 4 is 17.6 Å². The second-order valence-electron chi connectivity index (χ2n) is 5.36. The van der Waals surface area contributed by atoms with Crippen molar-refractivity contribution < 1.29 is 9.59 Å². The molecule has 0 aromatic heterocycles. The summed E-state index contributed by atoms with van der Waals surface area (Å²) in [6, 6.07) is 7.29. The van der Waals surface area contributed by atoms with Gasteiger partial charge in [-0.1, -0.05) is 26.0 Å². The summed E-state index contributed by atoms with van der Waals surface area (Å²) in [5.74, 6) is 0.282. The number of carbonyl (C=O) groups is 2. The van der Waals surface area contributed by atoms with E-state index in [4.69, 9.17) is 0 Å². The molecule has 0 radical (unpaired) electrons. The summed E-state index contributed by atoms with van der Waals surface area (Å²) >= 11 is 0. The zero-order chi connectivity index (χ0) is 14.7. The lowest BCUT2D eigenvalue weighted by molar-refractivity contribution is -0.128. The smallest absolute Gasteiger partial charge is 0.324 e. The molecule has 1 atom stereocenters. The van der Waals surface area contributed by atoms with Gasteiger partial charge < -0.3 is 10.6 Å². The van der Waals surface area contributed by atoms with Gasteiger partial charge in [-0.3, -0.25) is 9.69 Å². The summed E-state index contributed by atoms with van der Waals surface area (Å²) < 4.78 is 0. The van der Waals surface area contributed by atoms with E-state index in [1.807, 2.05) is 24.3 Å². The summed E-state index contributed by atoms with van der Waals surface area (Å²) in [5.41, 5.74) is 2.14. The molecule has 20 heavy (non-hydrogen) atoms. The lowest BCUT2D eigenvalue weighted by atomic mass is 10.0. The van der Waals surface area contributed by atoms with Gasteiger partial charge in [-0.2, -0.15) is 0 Å². The third-order valence-corrected chi connectivity index (χ3v) is 3.45. The van der Waals surface area contributed by atoms with E-state index in [0.717, 1.165) is 5.69 Å². The Morgan fingerprint density at radius 3 is 2.40 bits per heavy atom. The number of urea groups is 1. The molecule has 1 saturated heterocycles. The van der Waals surface area contributed by atoms with Gasteiger partial charge in [-0.25, -0.2) is 4.79 Å².